The average Bonchev–Trinajstić information content (AvgIpc) is 2.39. The molecule has 1 aromatic rings. The fourth-order valence-corrected chi connectivity index (χ4v) is 3.57. The van der Waals surface area contributed by atoms with Crippen molar-refractivity contribution < 1.29 is 8.42 Å². The molecule has 1 aliphatic rings. The van der Waals surface area contributed by atoms with E-state index in [1.54, 1.807) is 30.3 Å². The zero-order chi connectivity index (χ0) is 13.0. The van der Waals surface area contributed by atoms with Gasteiger partial charge in [-0.1, -0.05) is 23.7 Å². The Kier molecular flexibility index (Phi) is 4.43. The van der Waals surface area contributed by atoms with Crippen LogP contribution < -0.4 is 5.32 Å². The summed E-state index contributed by atoms with van der Waals surface area (Å²) < 4.78 is 24.2. The number of sulfone groups is 1. The Morgan fingerprint density at radius 1 is 1.17 bits per heavy atom. The summed E-state index contributed by atoms with van der Waals surface area (Å²) >= 11 is 5.77. The summed E-state index contributed by atoms with van der Waals surface area (Å²) in [5.41, 5.74) is 0.844. The van der Waals surface area contributed by atoms with Crippen LogP contribution in [0.4, 0.5) is 0 Å². The van der Waals surface area contributed by atoms with Crippen molar-refractivity contribution >= 4 is 27.5 Å². The van der Waals surface area contributed by atoms with Crippen LogP contribution in [0.25, 0.3) is 6.08 Å². The van der Waals surface area contributed by atoms with E-state index in [0.717, 1.165) is 18.7 Å². The zero-order valence-electron chi connectivity index (χ0n) is 9.97. The van der Waals surface area contributed by atoms with Crippen LogP contribution in [-0.2, 0) is 9.84 Å². The number of piperidine rings is 1. The third-order valence-electron chi connectivity index (χ3n) is 3.07. The van der Waals surface area contributed by atoms with Gasteiger partial charge in [0.15, 0.2) is 9.84 Å². The van der Waals surface area contributed by atoms with Crippen molar-refractivity contribution in [2.75, 3.05) is 13.1 Å². The van der Waals surface area contributed by atoms with Crippen molar-refractivity contribution in [2.45, 2.75) is 18.1 Å². The van der Waals surface area contributed by atoms with E-state index >= 15 is 0 Å². The van der Waals surface area contributed by atoms with Gasteiger partial charge in [-0.25, -0.2) is 8.42 Å². The highest BCUT2D eigenvalue weighted by Gasteiger charge is 2.24. The summed E-state index contributed by atoms with van der Waals surface area (Å²) in [4.78, 5) is 0. The third kappa shape index (κ3) is 3.57. The molecule has 1 aliphatic heterocycles. The lowest BCUT2D eigenvalue weighted by molar-refractivity contribution is 0.501. The number of nitrogens with one attached hydrogen (secondary N) is 1. The monoisotopic (exact) mass is 285 g/mol. The molecule has 0 bridgehead atoms. The van der Waals surface area contributed by atoms with Crippen molar-refractivity contribution in [1.82, 2.24) is 5.32 Å². The number of rotatable bonds is 3. The highest BCUT2D eigenvalue weighted by Crippen LogP contribution is 2.17. The van der Waals surface area contributed by atoms with E-state index in [4.69, 9.17) is 11.6 Å². The van der Waals surface area contributed by atoms with Gasteiger partial charge in [-0.05, 0) is 49.7 Å². The molecule has 1 heterocycles. The van der Waals surface area contributed by atoms with Gasteiger partial charge in [0.25, 0.3) is 0 Å². The van der Waals surface area contributed by atoms with Crippen LogP contribution in [0.1, 0.15) is 18.4 Å². The molecule has 0 aliphatic carbocycles. The van der Waals surface area contributed by atoms with Gasteiger partial charge in [0.05, 0.1) is 5.25 Å². The van der Waals surface area contributed by atoms with E-state index in [1.807, 2.05) is 0 Å². The number of hydrogen-bond donors (Lipinski definition) is 1. The Bertz CT molecular complexity index is 516. The molecule has 1 saturated heterocycles. The summed E-state index contributed by atoms with van der Waals surface area (Å²) in [6.07, 6.45) is 3.01. The predicted molar refractivity (Wildman–Crippen MR) is 75.3 cm³/mol. The van der Waals surface area contributed by atoms with E-state index < -0.39 is 9.84 Å². The van der Waals surface area contributed by atoms with Crippen LogP contribution in [-0.4, -0.2) is 26.8 Å². The molecule has 0 atom stereocenters. The average molecular weight is 286 g/mol. The smallest absolute Gasteiger partial charge is 0.174 e. The predicted octanol–water partition coefficient (Wildman–Crippen LogP) is 2.48. The Morgan fingerprint density at radius 3 is 2.39 bits per heavy atom. The largest absolute Gasteiger partial charge is 0.317 e. The van der Waals surface area contributed by atoms with Gasteiger partial charge in [0.1, 0.15) is 0 Å². The van der Waals surface area contributed by atoms with Crippen molar-refractivity contribution in [1.29, 1.82) is 0 Å². The molecular weight excluding hydrogens is 270 g/mol. The summed E-state index contributed by atoms with van der Waals surface area (Å²) in [7, 11) is -3.15. The number of hydrogen-bond acceptors (Lipinski definition) is 3. The van der Waals surface area contributed by atoms with Crippen LogP contribution in [0.2, 0.25) is 5.02 Å². The molecule has 0 unspecified atom stereocenters. The zero-order valence-corrected chi connectivity index (χ0v) is 11.5. The van der Waals surface area contributed by atoms with E-state index in [-0.39, 0.29) is 5.25 Å². The Hall–Kier alpha value is -0.840. The molecule has 0 spiro atoms. The maximum Gasteiger partial charge on any atom is 0.174 e. The molecular formula is C13H16ClNO2S. The van der Waals surface area contributed by atoms with Crippen LogP contribution >= 0.6 is 11.6 Å². The van der Waals surface area contributed by atoms with E-state index in [0.29, 0.717) is 17.9 Å². The molecule has 0 amide bonds. The van der Waals surface area contributed by atoms with Gasteiger partial charge in [-0.3, -0.25) is 0 Å². The molecule has 0 saturated carbocycles. The number of benzene rings is 1. The van der Waals surface area contributed by atoms with Gasteiger partial charge in [0.2, 0.25) is 0 Å². The lowest BCUT2D eigenvalue weighted by Gasteiger charge is -2.20. The van der Waals surface area contributed by atoms with Gasteiger partial charge in [0, 0.05) is 10.4 Å². The van der Waals surface area contributed by atoms with Gasteiger partial charge in [-0.15, -0.1) is 0 Å². The summed E-state index contributed by atoms with van der Waals surface area (Å²) in [5.74, 6) is 0. The second kappa shape index (κ2) is 5.87. The molecule has 2 rings (SSSR count). The van der Waals surface area contributed by atoms with E-state index in [1.165, 1.54) is 5.41 Å². The summed E-state index contributed by atoms with van der Waals surface area (Å²) in [6.45, 7) is 1.55. The normalized spacial score (nSPS) is 18.3. The minimum Gasteiger partial charge on any atom is -0.317 e. The molecule has 1 fully saturated rings. The first-order chi connectivity index (χ1) is 8.58. The van der Waals surface area contributed by atoms with Crippen LogP contribution in [0.15, 0.2) is 29.7 Å². The highest BCUT2D eigenvalue weighted by molar-refractivity contribution is 7.95. The van der Waals surface area contributed by atoms with Gasteiger partial charge >= 0.3 is 0 Å². The van der Waals surface area contributed by atoms with Crippen molar-refractivity contribution in [3.05, 3.63) is 40.3 Å². The molecule has 0 radical (unpaired) electrons. The SMILES string of the molecule is O=S(=O)(C=Cc1ccc(Cl)cc1)C1CCNCC1. The number of halogens is 1. The van der Waals surface area contributed by atoms with Crippen molar-refractivity contribution in [3.63, 3.8) is 0 Å². The maximum atomic E-state index is 12.1. The standard InChI is InChI=1S/C13H16ClNO2S/c14-12-3-1-11(2-4-12)7-10-18(16,17)13-5-8-15-9-6-13/h1-4,7,10,13,15H,5-6,8-9H2. The Balaban J connectivity index is 2.09. The molecule has 1 aromatic carbocycles. The molecule has 1 N–H and O–H groups in total. The minimum atomic E-state index is -3.15. The first kappa shape index (κ1) is 13.6. The Labute approximate surface area is 113 Å². The van der Waals surface area contributed by atoms with Crippen LogP contribution in [0.5, 0.6) is 0 Å². The van der Waals surface area contributed by atoms with E-state index in [2.05, 4.69) is 5.32 Å². The van der Waals surface area contributed by atoms with Gasteiger partial charge < -0.3 is 5.32 Å². The van der Waals surface area contributed by atoms with E-state index in [9.17, 15) is 8.42 Å². The Morgan fingerprint density at radius 2 is 1.78 bits per heavy atom. The lowest BCUT2D eigenvalue weighted by Crippen LogP contribution is -2.34. The second-order valence-electron chi connectivity index (χ2n) is 4.39. The molecule has 5 heteroatoms. The first-order valence-electron chi connectivity index (χ1n) is 5.96. The van der Waals surface area contributed by atoms with Crippen LogP contribution in [0.3, 0.4) is 0 Å². The highest BCUT2D eigenvalue weighted by atomic mass is 35.5. The quantitative estimate of drug-likeness (QED) is 0.928. The minimum absolute atomic E-state index is 0.248. The lowest BCUT2D eigenvalue weighted by atomic mass is 10.2. The van der Waals surface area contributed by atoms with Crippen LogP contribution in [0, 0.1) is 0 Å². The van der Waals surface area contributed by atoms with Crippen molar-refractivity contribution in [2.24, 2.45) is 0 Å². The topological polar surface area (TPSA) is 46.2 Å². The molecule has 18 heavy (non-hydrogen) atoms. The molecule has 3 nitrogen and oxygen atoms in total. The summed E-state index contributed by atoms with van der Waals surface area (Å²) in [6, 6.07) is 7.10. The summed E-state index contributed by atoms with van der Waals surface area (Å²) in [5, 5.41) is 4.89. The molecule has 98 valence electrons. The van der Waals surface area contributed by atoms with Gasteiger partial charge in [-0.2, -0.15) is 0 Å². The first-order valence-corrected chi connectivity index (χ1v) is 7.95. The third-order valence-corrected chi connectivity index (χ3v) is 5.24. The van der Waals surface area contributed by atoms with Crippen molar-refractivity contribution in [3.8, 4) is 0 Å². The fraction of sp³-hybridized carbons (Fsp3) is 0.385. The fourth-order valence-electron chi connectivity index (χ4n) is 1.98. The molecule has 0 aromatic heterocycles. The maximum absolute atomic E-state index is 12.1. The second-order valence-corrected chi connectivity index (χ2v) is 6.95.